The van der Waals surface area contributed by atoms with E-state index >= 15 is 0 Å². The first-order valence-electron chi connectivity index (χ1n) is 12.3. The van der Waals surface area contributed by atoms with E-state index in [-0.39, 0.29) is 62.0 Å². The molecule has 0 amide bonds. The molecule has 6 saturated heterocycles. The summed E-state index contributed by atoms with van der Waals surface area (Å²) in [6, 6.07) is 0. The molecule has 206 valence electrons. The van der Waals surface area contributed by atoms with Crippen LogP contribution in [0.5, 0.6) is 0 Å². The second kappa shape index (κ2) is 13.2. The lowest BCUT2D eigenvalue weighted by Gasteiger charge is -2.15. The fraction of sp³-hybridized carbons (Fsp3) is 0.833. The van der Waals surface area contributed by atoms with Crippen molar-refractivity contribution in [1.82, 2.24) is 0 Å². The second-order valence-electron chi connectivity index (χ2n) is 9.38. The Labute approximate surface area is 210 Å². The maximum Gasteiger partial charge on any atom is 0.115 e. The summed E-state index contributed by atoms with van der Waals surface area (Å²) in [5.41, 5.74) is 0. The van der Waals surface area contributed by atoms with Gasteiger partial charge < -0.3 is 58.3 Å². The molecule has 4 N–H and O–H groups in total. The van der Waals surface area contributed by atoms with Crippen molar-refractivity contribution in [3.8, 4) is 0 Å². The van der Waals surface area contributed by atoms with E-state index in [1.807, 2.05) is 0 Å². The van der Waals surface area contributed by atoms with Crippen LogP contribution < -0.4 is 0 Å². The number of fused-ring (bicyclic) bond motifs is 3. The summed E-state index contributed by atoms with van der Waals surface area (Å²) in [6.45, 7) is 10.4. The molecule has 6 heterocycles. The molecular weight excluding hydrogens is 480 g/mol. The summed E-state index contributed by atoms with van der Waals surface area (Å²) in [5, 5.41) is 37.1. The molecule has 6 fully saturated rings. The van der Waals surface area contributed by atoms with Gasteiger partial charge in [-0.1, -0.05) is 12.2 Å². The van der Waals surface area contributed by atoms with E-state index in [0.29, 0.717) is 39.6 Å². The highest BCUT2D eigenvalue weighted by Gasteiger charge is 2.49. The fourth-order valence-corrected chi connectivity index (χ4v) is 5.02. The van der Waals surface area contributed by atoms with Crippen molar-refractivity contribution in [3.05, 3.63) is 25.3 Å². The van der Waals surface area contributed by atoms with Crippen LogP contribution in [0.4, 0.5) is 0 Å². The Morgan fingerprint density at radius 2 is 0.778 bits per heavy atom. The maximum atomic E-state index is 9.42. The Morgan fingerprint density at radius 3 is 1.11 bits per heavy atom. The van der Waals surface area contributed by atoms with Gasteiger partial charge in [0.15, 0.2) is 0 Å². The third-order valence-electron chi connectivity index (χ3n) is 6.82. The summed E-state index contributed by atoms with van der Waals surface area (Å²) in [7, 11) is 0. The molecule has 0 aromatic rings. The molecule has 6 aliphatic rings. The van der Waals surface area contributed by atoms with E-state index in [1.54, 1.807) is 12.2 Å². The molecule has 0 radical (unpaired) electrons. The zero-order chi connectivity index (χ0) is 25.7. The Hall–Kier alpha value is -1.00. The van der Waals surface area contributed by atoms with Crippen LogP contribution in [-0.2, 0) is 37.9 Å². The SMILES string of the molecule is C=CCO[C@@H]1CO[C@H]2[C@@H]1OC[C@@H]2O.C=CCO[C@H]1CO[C@H]2[C@@H]1OC[C@H]2O.O[C@@H]1CO[C@H]2[C@@H]1OC[C@@H]2O. The van der Waals surface area contributed by atoms with Crippen molar-refractivity contribution in [3.63, 3.8) is 0 Å². The first-order chi connectivity index (χ1) is 17.4. The largest absolute Gasteiger partial charge is 0.388 e. The Bertz CT molecular complexity index is 651. The molecule has 36 heavy (non-hydrogen) atoms. The number of ether oxygens (including phenoxy) is 8. The van der Waals surface area contributed by atoms with Gasteiger partial charge >= 0.3 is 0 Å². The highest BCUT2D eigenvalue weighted by molar-refractivity contribution is 4.96. The van der Waals surface area contributed by atoms with E-state index in [1.165, 1.54) is 0 Å². The standard InChI is InChI=1S/2C9H14O4.C6H10O4/c2*1-2-3-11-7-5-13-8-6(10)4-12-9(7)8;7-3-1-9-6-4(8)2-10-5(3)6/h2*2,6-10H,1,3-5H2;3-8H,1-2H2/t6-,7+,8+,9+;6-,7+,8-,9-;3-,4+,5-,6-/m011/s1. The zero-order valence-corrected chi connectivity index (χ0v) is 20.2. The topological polar surface area (TPSA) is 155 Å². The van der Waals surface area contributed by atoms with Crippen molar-refractivity contribution < 1.29 is 58.3 Å². The van der Waals surface area contributed by atoms with Crippen LogP contribution in [0.1, 0.15) is 0 Å². The molecular formula is C24H38O12. The minimum Gasteiger partial charge on any atom is -0.388 e. The van der Waals surface area contributed by atoms with Crippen molar-refractivity contribution in [2.75, 3.05) is 52.9 Å². The van der Waals surface area contributed by atoms with Gasteiger partial charge in [-0.05, 0) is 0 Å². The smallest absolute Gasteiger partial charge is 0.115 e. The summed E-state index contributed by atoms with van der Waals surface area (Å²) in [6.07, 6.45) is -0.0222. The number of hydrogen-bond acceptors (Lipinski definition) is 12. The fourth-order valence-electron chi connectivity index (χ4n) is 5.02. The molecule has 6 rings (SSSR count). The lowest BCUT2D eigenvalue weighted by molar-refractivity contribution is -0.0279. The van der Waals surface area contributed by atoms with Crippen LogP contribution in [-0.4, -0.2) is 147 Å². The molecule has 6 aliphatic heterocycles. The lowest BCUT2D eigenvalue weighted by Crippen LogP contribution is -2.32. The molecule has 12 nitrogen and oxygen atoms in total. The molecule has 0 aromatic carbocycles. The Kier molecular flexibility index (Phi) is 10.3. The highest BCUT2D eigenvalue weighted by atomic mass is 16.6. The third-order valence-corrected chi connectivity index (χ3v) is 6.82. The van der Waals surface area contributed by atoms with Gasteiger partial charge in [0.05, 0.1) is 52.9 Å². The summed E-state index contributed by atoms with van der Waals surface area (Å²) >= 11 is 0. The summed E-state index contributed by atoms with van der Waals surface area (Å²) < 4.78 is 42.5. The Morgan fingerprint density at radius 1 is 0.500 bits per heavy atom. The van der Waals surface area contributed by atoms with Gasteiger partial charge in [0.1, 0.15) is 73.2 Å². The normalized spacial score (nSPS) is 46.2. The highest BCUT2D eigenvalue weighted by Crippen LogP contribution is 2.30. The molecule has 0 spiro atoms. The molecule has 0 aliphatic carbocycles. The number of aliphatic hydroxyl groups is 4. The van der Waals surface area contributed by atoms with E-state index in [9.17, 15) is 10.2 Å². The number of hydrogen-bond donors (Lipinski definition) is 4. The molecule has 0 bridgehead atoms. The summed E-state index contributed by atoms with van der Waals surface area (Å²) in [5.74, 6) is 0. The minimum atomic E-state index is -0.554. The van der Waals surface area contributed by atoms with Crippen LogP contribution in [0.15, 0.2) is 25.3 Å². The first-order valence-corrected chi connectivity index (χ1v) is 12.3. The zero-order valence-electron chi connectivity index (χ0n) is 20.2. The van der Waals surface area contributed by atoms with Gasteiger partial charge in [-0.25, -0.2) is 0 Å². The monoisotopic (exact) mass is 518 g/mol. The predicted molar refractivity (Wildman–Crippen MR) is 122 cm³/mol. The van der Waals surface area contributed by atoms with Crippen molar-refractivity contribution in [2.45, 2.75) is 73.2 Å². The molecule has 12 atom stereocenters. The lowest BCUT2D eigenvalue weighted by atomic mass is 10.1. The minimum absolute atomic E-state index is 0.0554. The van der Waals surface area contributed by atoms with Crippen LogP contribution in [0.2, 0.25) is 0 Å². The van der Waals surface area contributed by atoms with Gasteiger partial charge in [-0.3, -0.25) is 0 Å². The second-order valence-corrected chi connectivity index (χ2v) is 9.38. The van der Waals surface area contributed by atoms with Gasteiger partial charge in [-0.2, -0.15) is 0 Å². The predicted octanol–water partition coefficient (Wildman–Crippen LogP) is -2.06. The molecule has 0 saturated carbocycles. The molecule has 0 unspecified atom stereocenters. The average Bonchev–Trinajstić information content (AvgIpc) is 3.70. The van der Waals surface area contributed by atoms with E-state index in [4.69, 9.17) is 48.1 Å². The first kappa shape index (κ1) is 28.0. The van der Waals surface area contributed by atoms with Gasteiger partial charge in [0.2, 0.25) is 0 Å². The van der Waals surface area contributed by atoms with Gasteiger partial charge in [0.25, 0.3) is 0 Å². The van der Waals surface area contributed by atoms with Crippen LogP contribution in [0, 0.1) is 0 Å². The third kappa shape index (κ3) is 6.34. The maximum absolute atomic E-state index is 9.42. The van der Waals surface area contributed by atoms with Gasteiger partial charge in [0, 0.05) is 0 Å². The van der Waals surface area contributed by atoms with Crippen LogP contribution >= 0.6 is 0 Å². The van der Waals surface area contributed by atoms with Crippen molar-refractivity contribution >= 4 is 0 Å². The number of rotatable bonds is 6. The van der Waals surface area contributed by atoms with Crippen LogP contribution in [0.3, 0.4) is 0 Å². The summed E-state index contributed by atoms with van der Waals surface area (Å²) in [4.78, 5) is 0. The van der Waals surface area contributed by atoms with E-state index in [2.05, 4.69) is 13.2 Å². The quantitative estimate of drug-likeness (QED) is 0.286. The van der Waals surface area contributed by atoms with Gasteiger partial charge in [-0.15, -0.1) is 13.2 Å². The van der Waals surface area contributed by atoms with E-state index < -0.39 is 24.4 Å². The average molecular weight is 519 g/mol. The molecule has 12 heteroatoms. The van der Waals surface area contributed by atoms with Crippen LogP contribution in [0.25, 0.3) is 0 Å². The number of aliphatic hydroxyl groups excluding tert-OH is 4. The molecule has 0 aromatic heterocycles. The van der Waals surface area contributed by atoms with E-state index in [0.717, 1.165) is 0 Å². The van der Waals surface area contributed by atoms with Crippen molar-refractivity contribution in [1.29, 1.82) is 0 Å². The Balaban J connectivity index is 0.000000128. The van der Waals surface area contributed by atoms with Crippen molar-refractivity contribution in [2.24, 2.45) is 0 Å².